The van der Waals surface area contributed by atoms with Crippen LogP contribution in [0.2, 0.25) is 0 Å². The molecule has 0 saturated carbocycles. The van der Waals surface area contributed by atoms with E-state index in [0.29, 0.717) is 5.69 Å². The van der Waals surface area contributed by atoms with Gasteiger partial charge in [-0.2, -0.15) is 0 Å². The van der Waals surface area contributed by atoms with Gasteiger partial charge in [-0.1, -0.05) is 0 Å². The van der Waals surface area contributed by atoms with Gasteiger partial charge in [0.25, 0.3) is 0 Å². The summed E-state index contributed by atoms with van der Waals surface area (Å²) >= 11 is 6.72. The van der Waals surface area contributed by atoms with Gasteiger partial charge in [0.1, 0.15) is 5.52 Å². The maximum Gasteiger partial charge on any atom is 0.105 e. The molecule has 3 nitrogen and oxygen atoms in total. The normalized spacial score (nSPS) is 10.6. The predicted molar refractivity (Wildman–Crippen MR) is 59.4 cm³/mol. The van der Waals surface area contributed by atoms with Crippen molar-refractivity contribution in [3.8, 4) is 0 Å². The maximum atomic E-state index is 5.79. The summed E-state index contributed by atoms with van der Waals surface area (Å²) in [6, 6.07) is 1.85. The number of nitrogens with zero attached hydrogens (tertiary/aromatic N) is 2. The molecular formula is C8H5Br2N3. The zero-order valence-corrected chi connectivity index (χ0v) is 9.63. The van der Waals surface area contributed by atoms with Crippen LogP contribution in [0, 0.1) is 0 Å². The van der Waals surface area contributed by atoms with Crippen LogP contribution in [0.4, 0.5) is 5.69 Å². The van der Waals surface area contributed by atoms with Crippen molar-refractivity contribution in [2.75, 3.05) is 5.73 Å². The molecule has 0 spiro atoms. The fourth-order valence-electron chi connectivity index (χ4n) is 1.05. The van der Waals surface area contributed by atoms with Crippen LogP contribution in [-0.4, -0.2) is 9.97 Å². The molecular weight excluding hydrogens is 298 g/mol. The number of rotatable bonds is 0. The highest BCUT2D eigenvalue weighted by molar-refractivity contribution is 9.11. The molecule has 0 fully saturated rings. The Bertz CT molecular complexity index is 470. The van der Waals surface area contributed by atoms with Gasteiger partial charge in [-0.3, -0.25) is 9.97 Å². The number of anilines is 1. The van der Waals surface area contributed by atoms with E-state index in [0.717, 1.165) is 20.0 Å². The molecule has 0 atom stereocenters. The fourth-order valence-corrected chi connectivity index (χ4v) is 2.25. The molecule has 1 aromatic carbocycles. The number of benzene rings is 1. The Labute approximate surface area is 91.6 Å². The molecule has 0 radical (unpaired) electrons. The number of nitrogens with two attached hydrogens (primary N) is 1. The molecule has 0 bridgehead atoms. The lowest BCUT2D eigenvalue weighted by atomic mass is 10.3. The lowest BCUT2D eigenvalue weighted by molar-refractivity contribution is 1.29. The standard InChI is InChI=1S/C8H5Br2N3/c9-4-3-5-8(6(10)7(4)11)13-2-1-12-5/h1-3H,11H2. The first-order valence-corrected chi connectivity index (χ1v) is 5.13. The zero-order chi connectivity index (χ0) is 9.42. The Kier molecular flexibility index (Phi) is 2.21. The molecule has 0 aliphatic heterocycles. The Balaban J connectivity index is 2.94. The van der Waals surface area contributed by atoms with E-state index in [-0.39, 0.29) is 0 Å². The third-order valence-electron chi connectivity index (χ3n) is 1.69. The molecule has 1 aromatic heterocycles. The topological polar surface area (TPSA) is 51.8 Å². The van der Waals surface area contributed by atoms with Crippen molar-refractivity contribution < 1.29 is 0 Å². The van der Waals surface area contributed by atoms with E-state index in [1.165, 1.54) is 0 Å². The first-order valence-electron chi connectivity index (χ1n) is 3.54. The molecule has 2 rings (SSSR count). The SMILES string of the molecule is Nc1c(Br)cc2nccnc2c1Br. The van der Waals surface area contributed by atoms with E-state index in [4.69, 9.17) is 5.73 Å². The van der Waals surface area contributed by atoms with Gasteiger partial charge in [-0.15, -0.1) is 0 Å². The Morgan fingerprint density at radius 2 is 1.85 bits per heavy atom. The first-order chi connectivity index (χ1) is 6.20. The molecule has 0 amide bonds. The van der Waals surface area contributed by atoms with Crippen LogP contribution in [-0.2, 0) is 0 Å². The van der Waals surface area contributed by atoms with Gasteiger partial charge in [-0.25, -0.2) is 0 Å². The van der Waals surface area contributed by atoms with Gasteiger partial charge < -0.3 is 5.73 Å². The van der Waals surface area contributed by atoms with Crippen LogP contribution in [0.5, 0.6) is 0 Å². The average Bonchev–Trinajstić information content (AvgIpc) is 2.15. The Morgan fingerprint density at radius 1 is 1.15 bits per heavy atom. The van der Waals surface area contributed by atoms with Crippen molar-refractivity contribution in [2.45, 2.75) is 0 Å². The molecule has 0 aliphatic rings. The first kappa shape index (κ1) is 8.90. The largest absolute Gasteiger partial charge is 0.397 e. The van der Waals surface area contributed by atoms with Crippen LogP contribution in [0.15, 0.2) is 27.4 Å². The van der Waals surface area contributed by atoms with Gasteiger partial charge in [0, 0.05) is 16.9 Å². The summed E-state index contributed by atoms with van der Waals surface area (Å²) in [4.78, 5) is 8.34. The van der Waals surface area contributed by atoms with Gasteiger partial charge in [0.2, 0.25) is 0 Å². The van der Waals surface area contributed by atoms with Crippen LogP contribution in [0.3, 0.4) is 0 Å². The Morgan fingerprint density at radius 3 is 2.62 bits per heavy atom. The third kappa shape index (κ3) is 1.42. The molecule has 1 heterocycles. The number of aromatic nitrogens is 2. The zero-order valence-electron chi connectivity index (χ0n) is 6.46. The summed E-state index contributed by atoms with van der Waals surface area (Å²) in [6.07, 6.45) is 3.29. The average molecular weight is 303 g/mol. The molecule has 2 N–H and O–H groups in total. The van der Waals surface area contributed by atoms with Crippen molar-refractivity contribution in [2.24, 2.45) is 0 Å². The molecule has 0 saturated heterocycles. The lowest BCUT2D eigenvalue weighted by Crippen LogP contribution is -1.92. The van der Waals surface area contributed by atoms with Crippen molar-refractivity contribution in [3.63, 3.8) is 0 Å². The van der Waals surface area contributed by atoms with E-state index in [2.05, 4.69) is 41.8 Å². The van der Waals surface area contributed by atoms with Crippen LogP contribution in [0.25, 0.3) is 11.0 Å². The van der Waals surface area contributed by atoms with Crippen molar-refractivity contribution in [1.82, 2.24) is 9.97 Å². The quantitative estimate of drug-likeness (QED) is 0.761. The molecule has 0 unspecified atom stereocenters. The fraction of sp³-hybridized carbons (Fsp3) is 0. The molecule has 66 valence electrons. The van der Waals surface area contributed by atoms with E-state index in [1.54, 1.807) is 12.4 Å². The number of nitrogen functional groups attached to an aromatic ring is 1. The molecule has 2 aromatic rings. The van der Waals surface area contributed by atoms with E-state index < -0.39 is 0 Å². The van der Waals surface area contributed by atoms with Crippen LogP contribution >= 0.6 is 31.9 Å². The third-order valence-corrected chi connectivity index (χ3v) is 3.15. The highest BCUT2D eigenvalue weighted by Crippen LogP contribution is 2.33. The molecule has 13 heavy (non-hydrogen) atoms. The summed E-state index contributed by atoms with van der Waals surface area (Å²) in [5.74, 6) is 0. The minimum atomic E-state index is 0.646. The highest BCUT2D eigenvalue weighted by atomic mass is 79.9. The van der Waals surface area contributed by atoms with Crippen molar-refractivity contribution in [1.29, 1.82) is 0 Å². The maximum absolute atomic E-state index is 5.79. The van der Waals surface area contributed by atoms with Crippen molar-refractivity contribution >= 4 is 48.6 Å². The predicted octanol–water partition coefficient (Wildman–Crippen LogP) is 2.74. The second-order valence-electron chi connectivity index (χ2n) is 2.51. The minimum absolute atomic E-state index is 0.646. The number of hydrogen-bond donors (Lipinski definition) is 1. The van der Waals surface area contributed by atoms with Gasteiger partial charge in [0.05, 0.1) is 15.7 Å². The number of fused-ring (bicyclic) bond motifs is 1. The second-order valence-corrected chi connectivity index (χ2v) is 4.16. The van der Waals surface area contributed by atoms with Crippen LogP contribution in [0.1, 0.15) is 0 Å². The van der Waals surface area contributed by atoms with Gasteiger partial charge in [0.15, 0.2) is 0 Å². The molecule has 0 aliphatic carbocycles. The highest BCUT2D eigenvalue weighted by Gasteiger charge is 2.07. The summed E-state index contributed by atoms with van der Waals surface area (Å²) in [6.45, 7) is 0. The lowest BCUT2D eigenvalue weighted by Gasteiger charge is -2.04. The summed E-state index contributed by atoms with van der Waals surface area (Å²) in [7, 11) is 0. The van der Waals surface area contributed by atoms with Gasteiger partial charge in [-0.05, 0) is 37.9 Å². The van der Waals surface area contributed by atoms with Crippen molar-refractivity contribution in [3.05, 3.63) is 27.4 Å². The molecule has 5 heteroatoms. The monoisotopic (exact) mass is 301 g/mol. The summed E-state index contributed by atoms with van der Waals surface area (Å²) in [5, 5.41) is 0. The number of halogens is 2. The van der Waals surface area contributed by atoms with Crippen LogP contribution < -0.4 is 5.73 Å². The van der Waals surface area contributed by atoms with E-state index in [9.17, 15) is 0 Å². The smallest absolute Gasteiger partial charge is 0.105 e. The second kappa shape index (κ2) is 3.23. The Hall–Kier alpha value is -0.680. The summed E-state index contributed by atoms with van der Waals surface area (Å²) in [5.41, 5.74) is 8.03. The number of hydrogen-bond acceptors (Lipinski definition) is 3. The summed E-state index contributed by atoms with van der Waals surface area (Å²) < 4.78 is 1.61. The van der Waals surface area contributed by atoms with E-state index in [1.807, 2.05) is 6.07 Å². The van der Waals surface area contributed by atoms with Gasteiger partial charge >= 0.3 is 0 Å². The van der Waals surface area contributed by atoms with E-state index >= 15 is 0 Å². The minimum Gasteiger partial charge on any atom is -0.397 e.